The number of hydrogen-bond donors (Lipinski definition) is 5. The predicted octanol–water partition coefficient (Wildman–Crippen LogP) is -0.937. The highest BCUT2D eigenvalue weighted by molar-refractivity contribution is 5.68. The molecule has 8 heteroatoms. The molecule has 0 aliphatic carbocycles. The summed E-state index contributed by atoms with van der Waals surface area (Å²) in [7, 11) is 0. The number of aromatic amines is 1. The highest BCUT2D eigenvalue weighted by Gasteiger charge is 1.81. The van der Waals surface area contributed by atoms with E-state index in [9.17, 15) is 4.79 Å². The normalized spacial score (nSPS) is 7.21. The molecule has 0 spiro atoms. The maximum atomic E-state index is 9.24. The lowest BCUT2D eigenvalue weighted by Crippen LogP contribution is -2.10. The molecule has 80 valence electrons. The number of nitrogens with one attached hydrogen (secondary N) is 1. The van der Waals surface area contributed by atoms with Crippen molar-refractivity contribution in [3.05, 3.63) is 18.7 Å². The number of H-pyrrole nitrogens is 1. The van der Waals surface area contributed by atoms with Crippen LogP contribution in [-0.2, 0) is 4.79 Å². The van der Waals surface area contributed by atoms with E-state index in [-0.39, 0.29) is 6.54 Å². The molecule has 0 aromatic carbocycles. The van der Waals surface area contributed by atoms with E-state index in [0.717, 1.165) is 0 Å². The van der Waals surface area contributed by atoms with Gasteiger partial charge in [-0.05, 0) is 0 Å². The van der Waals surface area contributed by atoms with Crippen LogP contribution in [0.15, 0.2) is 18.7 Å². The predicted molar refractivity (Wildman–Crippen MR) is 47.5 cm³/mol. The summed E-state index contributed by atoms with van der Waals surface area (Å²) in [6.07, 6.45) is 3.75. The Morgan fingerprint density at radius 3 is 1.93 bits per heavy atom. The van der Waals surface area contributed by atoms with Gasteiger partial charge in [0.05, 0.1) is 12.9 Å². The first kappa shape index (κ1) is 14.4. The lowest BCUT2D eigenvalue weighted by Gasteiger charge is -1.73. The van der Waals surface area contributed by atoms with Crippen molar-refractivity contribution >= 4 is 12.1 Å². The molecule has 14 heavy (non-hydrogen) atoms. The molecule has 1 amide bonds. The lowest BCUT2D eigenvalue weighted by atomic mass is 10.7. The van der Waals surface area contributed by atoms with Crippen LogP contribution in [0.1, 0.15) is 0 Å². The number of imidazole rings is 1. The molecule has 1 aromatic rings. The number of nitrogens with zero attached hydrogens (tertiary/aromatic N) is 1. The van der Waals surface area contributed by atoms with Gasteiger partial charge in [-0.3, -0.25) is 4.79 Å². The van der Waals surface area contributed by atoms with Gasteiger partial charge >= 0.3 is 12.1 Å². The molecule has 1 heterocycles. The van der Waals surface area contributed by atoms with Crippen molar-refractivity contribution in [2.24, 2.45) is 11.5 Å². The van der Waals surface area contributed by atoms with E-state index >= 15 is 0 Å². The van der Waals surface area contributed by atoms with E-state index in [1.54, 1.807) is 18.7 Å². The zero-order valence-electron chi connectivity index (χ0n) is 7.25. The van der Waals surface area contributed by atoms with Crippen LogP contribution in [0.4, 0.5) is 4.79 Å². The minimum Gasteiger partial charge on any atom is -0.480 e. The van der Waals surface area contributed by atoms with Gasteiger partial charge in [-0.15, -0.1) is 0 Å². The van der Waals surface area contributed by atoms with Crippen LogP contribution in [-0.4, -0.2) is 38.8 Å². The second-order valence-corrected chi connectivity index (χ2v) is 1.70. The van der Waals surface area contributed by atoms with Crippen molar-refractivity contribution in [2.45, 2.75) is 0 Å². The summed E-state index contributed by atoms with van der Waals surface area (Å²) in [5.41, 5.74) is 8.60. The molecule has 7 N–H and O–H groups in total. The van der Waals surface area contributed by atoms with Crippen LogP contribution in [0.25, 0.3) is 0 Å². The van der Waals surface area contributed by atoms with Gasteiger partial charge in [0.2, 0.25) is 0 Å². The molecule has 0 bridgehead atoms. The van der Waals surface area contributed by atoms with E-state index in [1.165, 1.54) is 0 Å². The smallest absolute Gasteiger partial charge is 0.402 e. The van der Waals surface area contributed by atoms with Gasteiger partial charge in [-0.2, -0.15) is 0 Å². The van der Waals surface area contributed by atoms with Gasteiger partial charge in [-0.1, -0.05) is 0 Å². The van der Waals surface area contributed by atoms with Crippen molar-refractivity contribution in [2.75, 3.05) is 6.54 Å². The number of carbonyl (C=O) groups is 2. The third kappa shape index (κ3) is 32.6. The Balaban J connectivity index is 0. The van der Waals surface area contributed by atoms with Crippen LogP contribution in [0.2, 0.25) is 0 Å². The van der Waals surface area contributed by atoms with Gasteiger partial charge in [-0.25, -0.2) is 9.78 Å². The Bertz CT molecular complexity index is 215. The number of hydrogen-bond acceptors (Lipinski definition) is 4. The van der Waals surface area contributed by atoms with Crippen molar-refractivity contribution in [3.63, 3.8) is 0 Å². The van der Waals surface area contributed by atoms with E-state index in [4.69, 9.17) is 15.0 Å². The number of aliphatic carboxylic acids is 1. The molecule has 1 rings (SSSR count). The number of amides is 1. The summed E-state index contributed by atoms with van der Waals surface area (Å²) < 4.78 is 0. The zero-order chi connectivity index (χ0) is 11.4. The highest BCUT2D eigenvalue weighted by Crippen LogP contribution is 1.62. The summed E-state index contributed by atoms with van der Waals surface area (Å²) in [4.78, 5) is 24.4. The minimum absolute atomic E-state index is 0.278. The lowest BCUT2D eigenvalue weighted by molar-refractivity contribution is -0.135. The monoisotopic (exact) mass is 204 g/mol. The van der Waals surface area contributed by atoms with Gasteiger partial charge in [0, 0.05) is 12.4 Å². The van der Waals surface area contributed by atoms with Gasteiger partial charge < -0.3 is 26.7 Å². The molecule has 1 aromatic heterocycles. The maximum Gasteiger partial charge on any atom is 0.402 e. The largest absolute Gasteiger partial charge is 0.480 e. The second-order valence-electron chi connectivity index (χ2n) is 1.70. The molecule has 8 nitrogen and oxygen atoms in total. The van der Waals surface area contributed by atoms with Crippen molar-refractivity contribution in [1.82, 2.24) is 9.97 Å². The first-order valence-corrected chi connectivity index (χ1v) is 3.33. The first-order valence-electron chi connectivity index (χ1n) is 3.33. The van der Waals surface area contributed by atoms with E-state index in [0.29, 0.717) is 0 Å². The minimum atomic E-state index is -1.33. The number of carboxylic acids is 1. The fourth-order valence-corrected chi connectivity index (χ4v) is 0.215. The number of primary amides is 1. The molecule has 0 unspecified atom stereocenters. The maximum absolute atomic E-state index is 9.24. The molecular formula is C6H12N4O4. The number of nitrogens with two attached hydrogens (primary N) is 2. The quantitative estimate of drug-likeness (QED) is 0.397. The molecular weight excluding hydrogens is 192 g/mol. The van der Waals surface area contributed by atoms with Crippen LogP contribution in [0.5, 0.6) is 0 Å². The van der Waals surface area contributed by atoms with E-state index in [1.807, 2.05) is 0 Å². The van der Waals surface area contributed by atoms with Crippen molar-refractivity contribution < 1.29 is 19.8 Å². The number of aromatic nitrogens is 2. The number of carboxylic acid groups (broad SMARTS) is 2. The first-order chi connectivity index (χ1) is 6.50. The summed E-state index contributed by atoms with van der Waals surface area (Å²) in [6, 6.07) is 0. The molecule has 0 aliphatic heterocycles. The molecule has 0 saturated carbocycles. The molecule has 0 radical (unpaired) electrons. The highest BCUT2D eigenvalue weighted by atomic mass is 16.4. The summed E-state index contributed by atoms with van der Waals surface area (Å²) in [5, 5.41) is 14.8. The second kappa shape index (κ2) is 10.9. The summed E-state index contributed by atoms with van der Waals surface area (Å²) in [6.45, 7) is -0.278. The molecule has 0 aliphatic rings. The summed E-state index contributed by atoms with van der Waals surface area (Å²) >= 11 is 0. The Morgan fingerprint density at radius 2 is 1.86 bits per heavy atom. The summed E-state index contributed by atoms with van der Waals surface area (Å²) in [5.74, 6) is -0.968. The Labute approximate surface area is 79.6 Å². The van der Waals surface area contributed by atoms with Crippen LogP contribution < -0.4 is 11.5 Å². The van der Waals surface area contributed by atoms with Crippen LogP contribution in [0.3, 0.4) is 0 Å². The third-order valence-corrected chi connectivity index (χ3v) is 0.581. The topological polar surface area (TPSA) is 155 Å². The van der Waals surface area contributed by atoms with E-state index < -0.39 is 12.1 Å². The fourth-order valence-electron chi connectivity index (χ4n) is 0.215. The zero-order valence-corrected chi connectivity index (χ0v) is 7.25. The Hall–Kier alpha value is -2.09. The number of rotatable bonds is 1. The van der Waals surface area contributed by atoms with Crippen molar-refractivity contribution in [3.8, 4) is 0 Å². The Kier molecular flexibility index (Phi) is 11.2. The van der Waals surface area contributed by atoms with Crippen LogP contribution in [0, 0.1) is 0 Å². The van der Waals surface area contributed by atoms with Crippen molar-refractivity contribution in [1.29, 1.82) is 0 Å². The van der Waals surface area contributed by atoms with Gasteiger partial charge in [0.25, 0.3) is 0 Å². The average molecular weight is 204 g/mol. The van der Waals surface area contributed by atoms with E-state index in [2.05, 4.69) is 21.4 Å². The molecule has 0 saturated heterocycles. The molecule has 0 fully saturated rings. The van der Waals surface area contributed by atoms with Gasteiger partial charge in [0.15, 0.2) is 0 Å². The Morgan fingerprint density at radius 1 is 1.43 bits per heavy atom. The fraction of sp³-hybridized carbons (Fsp3) is 0.167. The van der Waals surface area contributed by atoms with Gasteiger partial charge in [0.1, 0.15) is 0 Å². The SMILES string of the molecule is NC(=O)O.NCC(=O)O.c1c[nH]cn1. The average Bonchev–Trinajstić information content (AvgIpc) is 2.59. The third-order valence-electron chi connectivity index (χ3n) is 0.581. The molecule has 0 atom stereocenters. The standard InChI is InChI=1S/C3H4N2.C2H5NO2.CH3NO2/c1-2-5-3-4-1;3-1-2(4)5;2-1(3)4/h1-3H,(H,4,5);1,3H2,(H,4,5);2H2,(H,3,4). The van der Waals surface area contributed by atoms with Crippen LogP contribution >= 0.6 is 0 Å².